The van der Waals surface area contributed by atoms with Gasteiger partial charge in [0, 0.05) is 12.1 Å². The van der Waals surface area contributed by atoms with E-state index in [0.717, 1.165) is 0 Å². The van der Waals surface area contributed by atoms with Crippen molar-refractivity contribution >= 4 is 11.8 Å². The molecule has 1 rings (SSSR count). The molecule has 0 fully saturated rings. The molecule has 1 aliphatic heterocycles. The second-order valence-electron chi connectivity index (χ2n) is 6.03. The average Bonchev–Trinajstić information content (AvgIpc) is 2.54. The highest BCUT2D eigenvalue weighted by molar-refractivity contribution is 5.90. The molecule has 1 atom stereocenters. The zero-order valence-corrected chi connectivity index (χ0v) is 12.1. The summed E-state index contributed by atoms with van der Waals surface area (Å²) in [7, 11) is 0. The summed E-state index contributed by atoms with van der Waals surface area (Å²) >= 11 is 0. The number of aliphatic hydroxyl groups is 1. The highest BCUT2D eigenvalue weighted by Crippen LogP contribution is 2.41. The van der Waals surface area contributed by atoms with Gasteiger partial charge in [0.05, 0.1) is 0 Å². The minimum atomic E-state index is -5.02. The summed E-state index contributed by atoms with van der Waals surface area (Å²) in [5.41, 5.74) is -4.25. The number of ether oxygens (including phenoxy) is 1. The normalized spacial score (nSPS) is 24.1. The Bertz CT molecular complexity index is 427. The zero-order chi connectivity index (χ0) is 15.9. The number of halogens is 3. The van der Waals surface area contributed by atoms with Crippen molar-refractivity contribution in [2.24, 2.45) is 11.0 Å². The van der Waals surface area contributed by atoms with Gasteiger partial charge in [0.15, 0.2) is 0 Å². The van der Waals surface area contributed by atoms with E-state index >= 15 is 0 Å². The van der Waals surface area contributed by atoms with Crippen LogP contribution in [0.15, 0.2) is 5.10 Å². The smallest absolute Gasteiger partial charge is 0.439 e. The van der Waals surface area contributed by atoms with E-state index in [1.807, 2.05) is 0 Å². The Hall–Kier alpha value is -1.31. The number of amides is 1. The van der Waals surface area contributed by atoms with Crippen LogP contribution in [0.3, 0.4) is 0 Å². The molecule has 0 aromatic heterocycles. The van der Waals surface area contributed by atoms with Crippen molar-refractivity contribution in [2.75, 3.05) is 0 Å². The lowest BCUT2D eigenvalue weighted by atomic mass is 9.99. The maximum atomic E-state index is 13.1. The summed E-state index contributed by atoms with van der Waals surface area (Å²) in [6.07, 6.45) is -7.12. The van der Waals surface area contributed by atoms with Crippen LogP contribution in [-0.4, -0.2) is 39.4 Å². The van der Waals surface area contributed by atoms with Gasteiger partial charge in [0.2, 0.25) is 0 Å². The van der Waals surface area contributed by atoms with Crippen molar-refractivity contribution in [3.05, 3.63) is 0 Å². The molecule has 1 amide bonds. The summed E-state index contributed by atoms with van der Waals surface area (Å²) in [6.45, 7) is 7.81. The van der Waals surface area contributed by atoms with E-state index in [-0.39, 0.29) is 16.6 Å². The molecule has 0 aliphatic carbocycles. The third-order valence-electron chi connectivity index (χ3n) is 2.69. The number of alkyl halides is 3. The first-order valence-corrected chi connectivity index (χ1v) is 6.17. The minimum absolute atomic E-state index is 0.00637. The predicted molar refractivity (Wildman–Crippen MR) is 66.0 cm³/mol. The van der Waals surface area contributed by atoms with Crippen molar-refractivity contribution in [1.82, 2.24) is 5.01 Å². The van der Waals surface area contributed by atoms with Gasteiger partial charge < -0.3 is 9.84 Å². The maximum absolute atomic E-state index is 13.1. The topological polar surface area (TPSA) is 62.1 Å². The zero-order valence-electron chi connectivity index (χ0n) is 12.1. The first kappa shape index (κ1) is 16.7. The van der Waals surface area contributed by atoms with E-state index in [2.05, 4.69) is 5.10 Å². The Morgan fingerprint density at radius 1 is 1.40 bits per heavy atom. The fraction of sp³-hybridized carbons (Fsp3) is 0.833. The molecule has 20 heavy (non-hydrogen) atoms. The fourth-order valence-corrected chi connectivity index (χ4v) is 1.61. The van der Waals surface area contributed by atoms with Gasteiger partial charge in [-0.15, -0.1) is 0 Å². The fourth-order valence-electron chi connectivity index (χ4n) is 1.61. The van der Waals surface area contributed by atoms with Crippen LogP contribution in [0.25, 0.3) is 0 Å². The van der Waals surface area contributed by atoms with E-state index in [9.17, 15) is 23.1 Å². The van der Waals surface area contributed by atoms with E-state index < -0.39 is 30.0 Å². The average molecular weight is 296 g/mol. The van der Waals surface area contributed by atoms with Crippen LogP contribution in [0.1, 0.15) is 41.0 Å². The first-order valence-electron chi connectivity index (χ1n) is 6.17. The van der Waals surface area contributed by atoms with Crippen molar-refractivity contribution < 1.29 is 27.8 Å². The van der Waals surface area contributed by atoms with Crippen LogP contribution in [-0.2, 0) is 4.74 Å². The summed E-state index contributed by atoms with van der Waals surface area (Å²) < 4.78 is 44.0. The molecule has 0 aromatic rings. The monoisotopic (exact) mass is 296 g/mol. The summed E-state index contributed by atoms with van der Waals surface area (Å²) in [5.74, 6) is -0.323. The van der Waals surface area contributed by atoms with Crippen LogP contribution in [0, 0.1) is 5.92 Å². The molecule has 8 heteroatoms. The minimum Gasteiger partial charge on any atom is -0.442 e. The second kappa shape index (κ2) is 4.91. The highest BCUT2D eigenvalue weighted by atomic mass is 19.4. The summed E-state index contributed by atoms with van der Waals surface area (Å²) in [5, 5.41) is 13.4. The van der Waals surface area contributed by atoms with Crippen LogP contribution >= 0.6 is 0 Å². The molecule has 0 saturated heterocycles. The predicted octanol–water partition coefficient (Wildman–Crippen LogP) is 2.89. The molecule has 116 valence electrons. The molecule has 1 heterocycles. The van der Waals surface area contributed by atoms with Crippen molar-refractivity contribution in [3.8, 4) is 0 Å². The van der Waals surface area contributed by atoms with Gasteiger partial charge in [-0.2, -0.15) is 23.3 Å². The van der Waals surface area contributed by atoms with Gasteiger partial charge >= 0.3 is 12.3 Å². The number of hydrazone groups is 1. The molecule has 1 unspecified atom stereocenters. The summed E-state index contributed by atoms with van der Waals surface area (Å²) in [6, 6.07) is 0. The summed E-state index contributed by atoms with van der Waals surface area (Å²) in [4.78, 5) is 11.8. The van der Waals surface area contributed by atoms with Gasteiger partial charge in [0.1, 0.15) is 5.60 Å². The number of hydrogen-bond acceptors (Lipinski definition) is 4. The maximum Gasteiger partial charge on any atom is 0.439 e. The lowest BCUT2D eigenvalue weighted by Gasteiger charge is -2.33. The lowest BCUT2D eigenvalue weighted by molar-refractivity contribution is -0.300. The first-order chi connectivity index (χ1) is 8.78. The molecular weight excluding hydrogens is 277 g/mol. The Balaban J connectivity index is 3.13. The number of rotatable bonds is 1. The standard InChI is InChI=1S/C12H19F3N2O3/c1-7(2)8-6-11(19,12(13,14)15)17(16-8)9(18)20-10(3,4)5/h7,19H,6H2,1-5H3. The van der Waals surface area contributed by atoms with E-state index in [0.29, 0.717) is 0 Å². The molecule has 0 spiro atoms. The molecule has 1 N–H and O–H groups in total. The number of nitrogens with zero attached hydrogens (tertiary/aromatic N) is 2. The third kappa shape index (κ3) is 3.23. The van der Waals surface area contributed by atoms with E-state index in [4.69, 9.17) is 4.74 Å². The Morgan fingerprint density at radius 3 is 2.25 bits per heavy atom. The molecule has 5 nitrogen and oxygen atoms in total. The van der Waals surface area contributed by atoms with Gasteiger partial charge in [-0.1, -0.05) is 13.8 Å². The lowest BCUT2D eigenvalue weighted by Crippen LogP contribution is -2.57. The SMILES string of the molecule is CC(C)C1=NN(C(=O)OC(C)(C)C)C(O)(C(F)(F)F)C1. The second-order valence-corrected chi connectivity index (χ2v) is 6.03. The number of hydrogen-bond donors (Lipinski definition) is 1. The van der Waals surface area contributed by atoms with Gasteiger partial charge in [-0.05, 0) is 26.7 Å². The van der Waals surface area contributed by atoms with Crippen LogP contribution < -0.4 is 0 Å². The van der Waals surface area contributed by atoms with Gasteiger partial charge in [-0.25, -0.2) is 4.79 Å². The van der Waals surface area contributed by atoms with Crippen molar-refractivity contribution in [3.63, 3.8) is 0 Å². The Kier molecular flexibility index (Phi) is 4.11. The van der Waals surface area contributed by atoms with E-state index in [1.165, 1.54) is 20.8 Å². The number of carbonyl (C=O) groups excluding carboxylic acids is 1. The Morgan fingerprint density at radius 2 is 1.90 bits per heavy atom. The van der Waals surface area contributed by atoms with Crippen LogP contribution in [0.5, 0.6) is 0 Å². The van der Waals surface area contributed by atoms with Gasteiger partial charge in [-0.3, -0.25) is 0 Å². The van der Waals surface area contributed by atoms with Crippen LogP contribution in [0.4, 0.5) is 18.0 Å². The van der Waals surface area contributed by atoms with E-state index in [1.54, 1.807) is 13.8 Å². The van der Waals surface area contributed by atoms with Gasteiger partial charge in [0.25, 0.3) is 5.72 Å². The molecule has 0 bridgehead atoms. The Labute approximate surface area is 115 Å². The molecule has 0 aromatic carbocycles. The largest absolute Gasteiger partial charge is 0.442 e. The van der Waals surface area contributed by atoms with Crippen LogP contribution in [0.2, 0.25) is 0 Å². The van der Waals surface area contributed by atoms with Crippen molar-refractivity contribution in [1.29, 1.82) is 0 Å². The van der Waals surface area contributed by atoms with Crippen molar-refractivity contribution in [2.45, 2.75) is 58.5 Å². The molecular formula is C12H19F3N2O3. The third-order valence-corrected chi connectivity index (χ3v) is 2.69. The molecule has 0 saturated carbocycles. The highest BCUT2D eigenvalue weighted by Gasteiger charge is 2.64. The molecule has 0 radical (unpaired) electrons. The molecule has 1 aliphatic rings. The number of carbonyl (C=O) groups is 1. The quantitative estimate of drug-likeness (QED) is 0.809.